The van der Waals surface area contributed by atoms with E-state index >= 15 is 0 Å². The Balaban J connectivity index is 0.000000455. The zero-order valence-electron chi connectivity index (χ0n) is 23.5. The van der Waals surface area contributed by atoms with Gasteiger partial charge < -0.3 is 42.1 Å². The van der Waals surface area contributed by atoms with Crippen molar-refractivity contribution in [3.63, 3.8) is 0 Å². The molecule has 0 saturated heterocycles. The average molecular weight is 943 g/mol. The van der Waals surface area contributed by atoms with Crippen LogP contribution in [0.1, 0.15) is 0 Å². The summed E-state index contributed by atoms with van der Waals surface area (Å²) in [5.74, 6) is 1.95. The summed E-state index contributed by atoms with van der Waals surface area (Å²) in [6.45, 7) is 1.94. The van der Waals surface area contributed by atoms with Gasteiger partial charge in [0.15, 0.2) is 0 Å². The van der Waals surface area contributed by atoms with Crippen LogP contribution in [0.3, 0.4) is 0 Å². The molecule has 0 radical (unpaired) electrons. The van der Waals surface area contributed by atoms with E-state index in [0.29, 0.717) is 22.8 Å². The summed E-state index contributed by atoms with van der Waals surface area (Å²) in [6.07, 6.45) is 17.5. The molecular formula is C37H22N5OPt2-3. The van der Waals surface area contributed by atoms with Gasteiger partial charge in [-0.2, -0.15) is 48.2 Å². The number of aromatic nitrogens is 3. The van der Waals surface area contributed by atoms with Crippen LogP contribution in [0.5, 0.6) is 11.5 Å². The van der Waals surface area contributed by atoms with Crippen molar-refractivity contribution >= 4 is 11.5 Å². The van der Waals surface area contributed by atoms with Crippen LogP contribution >= 0.6 is 0 Å². The third-order valence-electron chi connectivity index (χ3n) is 6.18. The topological polar surface area (TPSA) is 46.4 Å². The molecule has 1 aliphatic heterocycles. The molecule has 0 amide bonds. The number of rotatable bonds is 6. The van der Waals surface area contributed by atoms with Crippen molar-refractivity contribution in [1.29, 1.82) is 0 Å². The molecule has 0 N–H and O–H groups in total. The molecule has 0 aliphatic carbocycles. The van der Waals surface area contributed by atoms with Gasteiger partial charge >= 0.3 is 21.1 Å². The zero-order chi connectivity index (χ0) is 29.3. The second-order valence-corrected chi connectivity index (χ2v) is 9.07. The maximum atomic E-state index is 6.57. The summed E-state index contributed by atoms with van der Waals surface area (Å²) in [5.41, 5.74) is 4.01. The van der Waals surface area contributed by atoms with Crippen LogP contribution in [0, 0.1) is 49.5 Å². The predicted molar refractivity (Wildman–Crippen MR) is 165 cm³/mol. The Morgan fingerprint density at radius 3 is 2.29 bits per heavy atom. The molecule has 0 unspecified atom stereocenters. The van der Waals surface area contributed by atoms with E-state index in [4.69, 9.17) is 11.2 Å². The van der Waals surface area contributed by atoms with Crippen molar-refractivity contribution in [2.75, 3.05) is 9.80 Å². The summed E-state index contributed by atoms with van der Waals surface area (Å²) in [5, 5.41) is 0. The first-order valence-corrected chi connectivity index (χ1v) is 13.3. The minimum atomic E-state index is 0. The van der Waals surface area contributed by atoms with Crippen molar-refractivity contribution in [2.45, 2.75) is 0 Å². The van der Waals surface area contributed by atoms with Gasteiger partial charge in [-0.1, -0.05) is 11.8 Å². The molecule has 4 heterocycles. The molecule has 0 fully saturated rings. The van der Waals surface area contributed by atoms with Crippen molar-refractivity contribution in [1.82, 2.24) is 14.5 Å². The molecule has 1 aliphatic rings. The predicted octanol–water partition coefficient (Wildman–Crippen LogP) is 7.40. The monoisotopic (exact) mass is 942 g/mol. The summed E-state index contributed by atoms with van der Waals surface area (Å²) in [4.78, 5) is 12.7. The van der Waals surface area contributed by atoms with Gasteiger partial charge in [0.1, 0.15) is 5.82 Å². The number of ether oxygens (including phenoxy) is 1. The minimum Gasteiger partial charge on any atom is -0.669 e. The number of pyridine rings is 2. The van der Waals surface area contributed by atoms with Gasteiger partial charge in [-0.15, -0.1) is 36.6 Å². The van der Waals surface area contributed by atoms with Gasteiger partial charge in [-0.05, 0) is 42.9 Å². The van der Waals surface area contributed by atoms with Gasteiger partial charge in [-0.3, -0.25) is 12.1 Å². The number of anilines is 2. The SMILES string of the molecule is [C-]#Cn1cccc1.[Pt+4].[Pt].[c-]1ccc(Oc2[c-]c(N3C=CN(c4ccccn4)[CH-]3)ccc2)[c-]c1-c1[c-]c(-c2[c-]cccc2)ccn1. The van der Waals surface area contributed by atoms with Crippen LogP contribution < -0.4 is 14.5 Å². The van der Waals surface area contributed by atoms with E-state index < -0.39 is 0 Å². The third-order valence-corrected chi connectivity index (χ3v) is 6.18. The standard InChI is InChI=1S/C31H18N4O.C6H4N.2Pt/c1-2-8-24(9-3-1)25-15-17-32-30(21-25)26-10-6-12-28(20-26)36-29-13-7-11-27(22-29)34-18-19-35(23-34)31-14-4-5-16-33-31;1-2-7-5-3-4-6-7;;/h1-8,11-19,23H;3-6H;;/q-6;-1;;+4. The fraction of sp³-hybridized carbons (Fsp3) is 0. The van der Waals surface area contributed by atoms with Crippen molar-refractivity contribution in [2.24, 2.45) is 0 Å². The molecule has 0 bridgehead atoms. The number of nitrogens with zero attached hydrogens (tertiary/aromatic N) is 5. The summed E-state index contributed by atoms with van der Waals surface area (Å²) in [7, 11) is 0. The van der Waals surface area contributed by atoms with Gasteiger partial charge in [0.05, 0.1) is 0 Å². The summed E-state index contributed by atoms with van der Waals surface area (Å²) < 4.78 is 7.64. The zero-order valence-corrected chi connectivity index (χ0v) is 28.0. The third kappa shape index (κ3) is 8.70. The van der Waals surface area contributed by atoms with Crippen LogP contribution in [0.15, 0.2) is 128 Å². The first kappa shape index (κ1) is 33.2. The summed E-state index contributed by atoms with van der Waals surface area (Å²) in [6, 6.07) is 47.0. The fourth-order valence-electron chi connectivity index (χ4n) is 4.13. The first-order valence-electron chi connectivity index (χ1n) is 13.3. The second kappa shape index (κ2) is 16.4. The quantitative estimate of drug-likeness (QED) is 0.129. The molecule has 224 valence electrons. The van der Waals surface area contributed by atoms with Gasteiger partial charge in [0, 0.05) is 45.4 Å². The van der Waals surface area contributed by atoms with E-state index in [-0.39, 0.29) is 42.1 Å². The Hall–Kier alpha value is -4.68. The molecule has 0 spiro atoms. The van der Waals surface area contributed by atoms with Crippen LogP contribution in [-0.2, 0) is 42.1 Å². The Kier molecular flexibility index (Phi) is 12.1. The maximum Gasteiger partial charge on any atom is 4.00 e. The van der Waals surface area contributed by atoms with E-state index in [1.165, 1.54) is 0 Å². The van der Waals surface area contributed by atoms with Crippen molar-refractivity contribution in [3.8, 4) is 39.9 Å². The smallest absolute Gasteiger partial charge is 0.669 e. The molecule has 3 aromatic carbocycles. The number of benzene rings is 3. The van der Waals surface area contributed by atoms with Crippen LogP contribution in [0.2, 0.25) is 0 Å². The van der Waals surface area contributed by atoms with Crippen molar-refractivity contribution in [3.05, 3.63) is 172 Å². The Labute approximate surface area is 292 Å². The summed E-state index contributed by atoms with van der Waals surface area (Å²) >= 11 is 0. The minimum absolute atomic E-state index is 0. The van der Waals surface area contributed by atoms with Crippen molar-refractivity contribution < 1.29 is 46.9 Å². The van der Waals surface area contributed by atoms with E-state index in [9.17, 15) is 0 Å². The molecule has 7 rings (SSSR count). The van der Waals surface area contributed by atoms with Gasteiger partial charge in [-0.25, -0.2) is 28.2 Å². The normalized spacial score (nSPS) is 11.4. The van der Waals surface area contributed by atoms with Gasteiger partial charge in [0.25, 0.3) is 0 Å². The Morgan fingerprint density at radius 1 is 0.711 bits per heavy atom. The number of hydrogen-bond donors (Lipinski definition) is 0. The second-order valence-electron chi connectivity index (χ2n) is 9.07. The molecule has 0 atom stereocenters. The Bertz CT molecular complexity index is 1860. The molecule has 0 saturated carbocycles. The van der Waals surface area contributed by atoms with E-state index in [2.05, 4.69) is 46.3 Å². The van der Waals surface area contributed by atoms with E-state index in [1.807, 2.05) is 114 Å². The number of hydrogen-bond acceptors (Lipinski definition) is 5. The molecule has 45 heavy (non-hydrogen) atoms. The molecule has 6 aromatic rings. The van der Waals surface area contributed by atoms with Gasteiger partial charge in [0.2, 0.25) is 0 Å². The average Bonchev–Trinajstić information content (AvgIpc) is 3.80. The maximum absolute atomic E-state index is 6.57. The Morgan fingerprint density at radius 2 is 1.53 bits per heavy atom. The first-order chi connectivity index (χ1) is 21.2. The largest absolute Gasteiger partial charge is 4.00 e. The van der Waals surface area contributed by atoms with Crippen LogP contribution in [0.4, 0.5) is 11.5 Å². The molecule has 3 aromatic heterocycles. The van der Waals surface area contributed by atoms with Crippen LogP contribution in [0.25, 0.3) is 22.4 Å². The molecule has 8 heteroatoms. The van der Waals surface area contributed by atoms with E-state index in [0.717, 1.165) is 22.6 Å². The molecule has 6 nitrogen and oxygen atoms in total. The van der Waals surface area contributed by atoms with E-state index in [1.54, 1.807) is 35.4 Å². The van der Waals surface area contributed by atoms with Crippen LogP contribution in [-0.4, -0.2) is 14.5 Å². The fourth-order valence-corrected chi connectivity index (χ4v) is 4.13. The molecular weight excluding hydrogens is 921 g/mol.